The van der Waals surface area contributed by atoms with Crippen LogP contribution in [0.4, 0.5) is 0 Å². The zero-order valence-electron chi connectivity index (χ0n) is 15.9. The largest absolute Gasteiger partial charge is 0.496 e. The number of hydrogen-bond acceptors (Lipinski definition) is 5. The van der Waals surface area contributed by atoms with Gasteiger partial charge in [0.15, 0.2) is 5.96 Å². The summed E-state index contributed by atoms with van der Waals surface area (Å²) in [5, 5.41) is 6.36. The molecule has 0 aliphatic carbocycles. The number of nitrogens with zero attached hydrogens (tertiary/aromatic N) is 1. The Morgan fingerprint density at radius 1 is 1.19 bits per heavy atom. The summed E-state index contributed by atoms with van der Waals surface area (Å²) in [6.45, 7) is 3.95. The predicted octanol–water partition coefficient (Wildman–Crippen LogP) is 1.39. The summed E-state index contributed by atoms with van der Waals surface area (Å²) in [5.41, 5.74) is 2.35. The highest BCUT2D eigenvalue weighted by Crippen LogP contribution is 2.19. The highest BCUT2D eigenvalue weighted by atomic mass is 127. The molecule has 0 aliphatic heterocycles. The highest BCUT2D eigenvalue weighted by molar-refractivity contribution is 14.0. The number of nitrogens with one attached hydrogen (secondary N) is 2. The Morgan fingerprint density at radius 3 is 2.50 bits per heavy atom. The van der Waals surface area contributed by atoms with Gasteiger partial charge in [-0.25, -0.2) is 8.42 Å². The monoisotopic (exact) mass is 499 g/mol. The fourth-order valence-corrected chi connectivity index (χ4v) is 2.61. The number of guanidine groups is 1. The number of ether oxygens (including phenoxy) is 2. The molecule has 0 aromatic heterocycles. The molecule has 0 radical (unpaired) electrons. The van der Waals surface area contributed by atoms with Crippen molar-refractivity contribution in [3.8, 4) is 5.75 Å². The lowest BCUT2D eigenvalue weighted by Crippen LogP contribution is -2.40. The van der Waals surface area contributed by atoms with Crippen LogP contribution in [0.5, 0.6) is 5.75 Å². The van der Waals surface area contributed by atoms with E-state index in [1.807, 2.05) is 12.1 Å². The summed E-state index contributed by atoms with van der Waals surface area (Å²) in [6.07, 6.45) is 2.01. The Labute approximate surface area is 173 Å². The van der Waals surface area contributed by atoms with Gasteiger partial charge in [0.25, 0.3) is 0 Å². The zero-order chi connectivity index (χ0) is 18.7. The van der Waals surface area contributed by atoms with Crippen LogP contribution in [0.25, 0.3) is 0 Å². The second kappa shape index (κ2) is 13.2. The van der Waals surface area contributed by atoms with Gasteiger partial charge in [0.2, 0.25) is 0 Å². The maximum Gasteiger partial charge on any atom is 0.191 e. The SMILES string of the molecule is CN=C(NCCOCCS(C)(=O)=O)NCCc1cc(C)ccc1OC.I. The number of rotatable bonds is 10. The standard InChI is InChI=1S/C17H29N3O4S.HI/c1-14-5-6-16(23-3)15(13-14)7-8-19-17(18-2)20-9-10-24-11-12-25(4,21)22;/h5-6,13H,7-12H2,1-4H3,(H2,18,19,20);1H. The molecule has 1 aromatic rings. The molecule has 0 bridgehead atoms. The second-order valence-corrected chi connectivity index (χ2v) is 7.99. The van der Waals surface area contributed by atoms with E-state index in [0.29, 0.717) is 25.7 Å². The molecule has 9 heteroatoms. The number of aliphatic imine (C=N–C) groups is 1. The Hall–Kier alpha value is -1.07. The van der Waals surface area contributed by atoms with Crippen LogP contribution in [0.15, 0.2) is 23.2 Å². The van der Waals surface area contributed by atoms with E-state index in [0.717, 1.165) is 17.7 Å². The molecule has 1 aromatic carbocycles. The summed E-state index contributed by atoms with van der Waals surface area (Å²) in [7, 11) is 0.403. The average molecular weight is 499 g/mol. The minimum Gasteiger partial charge on any atom is -0.496 e. The van der Waals surface area contributed by atoms with E-state index in [2.05, 4.69) is 28.6 Å². The minimum atomic E-state index is -2.97. The quantitative estimate of drug-likeness (QED) is 0.219. The third-order valence-corrected chi connectivity index (χ3v) is 4.39. The van der Waals surface area contributed by atoms with Crippen molar-refractivity contribution in [3.05, 3.63) is 29.3 Å². The molecule has 2 N–H and O–H groups in total. The van der Waals surface area contributed by atoms with E-state index < -0.39 is 9.84 Å². The molecular weight excluding hydrogens is 469 g/mol. The van der Waals surface area contributed by atoms with Crippen LogP contribution in [0.1, 0.15) is 11.1 Å². The van der Waals surface area contributed by atoms with Crippen molar-refractivity contribution in [3.63, 3.8) is 0 Å². The molecule has 0 unspecified atom stereocenters. The summed E-state index contributed by atoms with van der Waals surface area (Å²) in [6, 6.07) is 6.12. The minimum absolute atomic E-state index is 0. The molecule has 0 aliphatic rings. The first kappa shape index (κ1) is 24.9. The topological polar surface area (TPSA) is 89.0 Å². The Balaban J connectivity index is 0.00000625. The zero-order valence-corrected chi connectivity index (χ0v) is 19.0. The molecule has 7 nitrogen and oxygen atoms in total. The second-order valence-electron chi connectivity index (χ2n) is 5.73. The number of halogens is 1. The van der Waals surface area contributed by atoms with E-state index >= 15 is 0 Å². The van der Waals surface area contributed by atoms with Gasteiger partial charge in [0, 0.05) is 26.4 Å². The fraction of sp³-hybridized carbons (Fsp3) is 0.588. The number of aryl methyl sites for hydroxylation is 1. The van der Waals surface area contributed by atoms with Gasteiger partial charge >= 0.3 is 0 Å². The van der Waals surface area contributed by atoms with Crippen LogP contribution >= 0.6 is 24.0 Å². The summed E-state index contributed by atoms with van der Waals surface area (Å²) in [5.74, 6) is 1.60. The molecule has 150 valence electrons. The molecule has 0 amide bonds. The van der Waals surface area contributed by atoms with Crippen molar-refractivity contribution in [2.45, 2.75) is 13.3 Å². The summed E-state index contributed by atoms with van der Waals surface area (Å²) >= 11 is 0. The fourth-order valence-electron chi connectivity index (χ4n) is 2.19. The lowest BCUT2D eigenvalue weighted by atomic mass is 10.1. The molecule has 0 saturated carbocycles. The van der Waals surface area contributed by atoms with Crippen LogP contribution in [-0.2, 0) is 21.0 Å². The Morgan fingerprint density at radius 2 is 1.88 bits per heavy atom. The van der Waals surface area contributed by atoms with Crippen molar-refractivity contribution < 1.29 is 17.9 Å². The van der Waals surface area contributed by atoms with E-state index in [1.165, 1.54) is 11.8 Å². The van der Waals surface area contributed by atoms with Gasteiger partial charge in [0.05, 0.1) is 26.1 Å². The first-order valence-electron chi connectivity index (χ1n) is 8.19. The Bertz CT molecular complexity index is 666. The smallest absolute Gasteiger partial charge is 0.191 e. The molecule has 0 atom stereocenters. The van der Waals surface area contributed by atoms with E-state index in [4.69, 9.17) is 9.47 Å². The first-order chi connectivity index (χ1) is 11.9. The van der Waals surface area contributed by atoms with Crippen LogP contribution in [0.3, 0.4) is 0 Å². The maximum absolute atomic E-state index is 11.0. The number of sulfone groups is 1. The predicted molar refractivity (Wildman–Crippen MR) is 117 cm³/mol. The van der Waals surface area contributed by atoms with Gasteiger partial charge in [0.1, 0.15) is 15.6 Å². The molecule has 0 saturated heterocycles. The number of benzene rings is 1. The molecule has 0 spiro atoms. The van der Waals surface area contributed by atoms with Crippen molar-refractivity contribution >= 4 is 39.8 Å². The normalized spacial score (nSPS) is 11.6. The molecular formula is C17H30IN3O4S. The molecule has 1 rings (SSSR count). The molecule has 26 heavy (non-hydrogen) atoms. The van der Waals surface area contributed by atoms with Crippen molar-refractivity contribution in [2.75, 3.05) is 52.5 Å². The van der Waals surface area contributed by atoms with E-state index in [9.17, 15) is 8.42 Å². The van der Waals surface area contributed by atoms with Crippen LogP contribution in [0, 0.1) is 6.92 Å². The van der Waals surface area contributed by atoms with Gasteiger partial charge < -0.3 is 20.1 Å². The van der Waals surface area contributed by atoms with E-state index in [1.54, 1.807) is 14.2 Å². The van der Waals surface area contributed by atoms with E-state index in [-0.39, 0.29) is 36.3 Å². The average Bonchev–Trinajstić information content (AvgIpc) is 2.55. The van der Waals surface area contributed by atoms with Gasteiger partial charge in [-0.2, -0.15) is 0 Å². The maximum atomic E-state index is 11.0. The third kappa shape index (κ3) is 10.8. The van der Waals surface area contributed by atoms with Gasteiger partial charge in [-0.15, -0.1) is 24.0 Å². The van der Waals surface area contributed by atoms with Gasteiger partial charge in [-0.05, 0) is 25.0 Å². The van der Waals surface area contributed by atoms with Gasteiger partial charge in [-0.3, -0.25) is 4.99 Å². The highest BCUT2D eigenvalue weighted by Gasteiger charge is 2.04. The number of hydrogen-bond donors (Lipinski definition) is 2. The molecule has 0 fully saturated rings. The summed E-state index contributed by atoms with van der Waals surface area (Å²) in [4.78, 5) is 4.15. The van der Waals surface area contributed by atoms with Crippen molar-refractivity contribution in [1.82, 2.24) is 10.6 Å². The van der Waals surface area contributed by atoms with Crippen LogP contribution in [0.2, 0.25) is 0 Å². The van der Waals surface area contributed by atoms with Crippen LogP contribution < -0.4 is 15.4 Å². The summed E-state index contributed by atoms with van der Waals surface area (Å²) < 4.78 is 32.6. The first-order valence-corrected chi connectivity index (χ1v) is 10.3. The lowest BCUT2D eigenvalue weighted by Gasteiger charge is -2.13. The van der Waals surface area contributed by atoms with Crippen LogP contribution in [-0.4, -0.2) is 66.8 Å². The Kier molecular flexibility index (Phi) is 12.6. The molecule has 0 heterocycles. The third-order valence-electron chi connectivity index (χ3n) is 3.48. The number of methoxy groups -OCH3 is 1. The lowest BCUT2D eigenvalue weighted by molar-refractivity contribution is 0.154. The van der Waals surface area contributed by atoms with Gasteiger partial charge in [-0.1, -0.05) is 17.7 Å². The van der Waals surface area contributed by atoms with Crippen molar-refractivity contribution in [1.29, 1.82) is 0 Å². The van der Waals surface area contributed by atoms with Crippen molar-refractivity contribution in [2.24, 2.45) is 4.99 Å².